The van der Waals surface area contributed by atoms with Gasteiger partial charge in [-0.3, -0.25) is 14.5 Å². The summed E-state index contributed by atoms with van der Waals surface area (Å²) in [4.78, 5) is 30.2. The van der Waals surface area contributed by atoms with Crippen molar-refractivity contribution in [3.05, 3.63) is 63.1 Å². The number of rotatable bonds is 6. The third kappa shape index (κ3) is 5.23. The molecule has 3 heterocycles. The summed E-state index contributed by atoms with van der Waals surface area (Å²) in [5.41, 5.74) is -1.00. The Morgan fingerprint density at radius 3 is 2.60 bits per heavy atom. The van der Waals surface area contributed by atoms with E-state index in [0.29, 0.717) is 44.0 Å². The number of fused-ring (bicyclic) bond motifs is 2. The second-order valence-electron chi connectivity index (χ2n) is 12.0. The van der Waals surface area contributed by atoms with Crippen LogP contribution in [0.3, 0.4) is 0 Å². The Hall–Kier alpha value is -2.30. The second-order valence-corrected chi connectivity index (χ2v) is 12.8. The van der Waals surface area contributed by atoms with E-state index >= 15 is 4.39 Å². The number of hydrogen-bond donors (Lipinski definition) is 3. The average Bonchev–Trinajstić information content (AvgIpc) is 3.36. The van der Waals surface area contributed by atoms with E-state index in [9.17, 15) is 14.0 Å². The molecule has 0 bridgehead atoms. The van der Waals surface area contributed by atoms with Gasteiger partial charge in [0.2, 0.25) is 11.8 Å². The van der Waals surface area contributed by atoms with Gasteiger partial charge in [-0.2, -0.15) is 0 Å². The molecule has 2 aromatic rings. The van der Waals surface area contributed by atoms with E-state index < -0.39 is 41.0 Å². The molecule has 2 amide bonds. The zero-order chi connectivity index (χ0) is 28.8. The van der Waals surface area contributed by atoms with Crippen molar-refractivity contribution in [1.29, 1.82) is 0 Å². The van der Waals surface area contributed by atoms with E-state index in [2.05, 4.69) is 20.9 Å². The lowest BCUT2D eigenvalue weighted by atomic mass is 9.62. The summed E-state index contributed by atoms with van der Waals surface area (Å²) in [6.07, 6.45) is 0.445. The second kappa shape index (κ2) is 11.2. The van der Waals surface area contributed by atoms with Gasteiger partial charge in [0, 0.05) is 43.8 Å². The predicted octanol–water partition coefficient (Wildman–Crippen LogP) is 4.47. The van der Waals surface area contributed by atoms with Gasteiger partial charge >= 0.3 is 0 Å². The standard InChI is InChI=1S/C29H34Cl2F2N4O3/c1-28(2,3)15-22-29(17-13-20(32)19(31)14-21(17)35-27(29)39)23(16-5-4-6-18(30)24(16)33)25(36-22)26(38)34-7-8-37-9-11-40-12-10-37/h4-6,13-14,22-23,25,36H,7-12,15H2,1-3H3,(H,34,38)(H,35,39)/t22-,23+,25-,29+/m1/s1. The maximum absolute atomic E-state index is 15.8. The van der Waals surface area contributed by atoms with Crippen molar-refractivity contribution >= 4 is 40.7 Å². The summed E-state index contributed by atoms with van der Waals surface area (Å²) >= 11 is 12.3. The van der Waals surface area contributed by atoms with Crippen LogP contribution in [0.2, 0.25) is 10.0 Å². The van der Waals surface area contributed by atoms with Gasteiger partial charge in [-0.25, -0.2) is 8.78 Å². The summed E-state index contributed by atoms with van der Waals surface area (Å²) in [7, 11) is 0. The van der Waals surface area contributed by atoms with E-state index in [1.54, 1.807) is 12.1 Å². The van der Waals surface area contributed by atoms with Crippen LogP contribution in [0.25, 0.3) is 0 Å². The quantitative estimate of drug-likeness (QED) is 0.460. The van der Waals surface area contributed by atoms with E-state index in [1.807, 2.05) is 20.8 Å². The van der Waals surface area contributed by atoms with Crippen LogP contribution in [0.4, 0.5) is 14.5 Å². The summed E-state index contributed by atoms with van der Waals surface area (Å²) < 4.78 is 36.2. The van der Waals surface area contributed by atoms with Crippen LogP contribution in [-0.4, -0.2) is 68.2 Å². The lowest BCUT2D eigenvalue weighted by Crippen LogP contribution is -2.49. The monoisotopic (exact) mass is 594 g/mol. The van der Waals surface area contributed by atoms with Crippen LogP contribution < -0.4 is 16.0 Å². The first-order valence-electron chi connectivity index (χ1n) is 13.5. The van der Waals surface area contributed by atoms with Gasteiger partial charge in [-0.1, -0.05) is 56.1 Å². The van der Waals surface area contributed by atoms with Crippen molar-refractivity contribution in [3.63, 3.8) is 0 Å². The van der Waals surface area contributed by atoms with Crippen molar-refractivity contribution in [3.8, 4) is 0 Å². The molecule has 0 saturated carbocycles. The fraction of sp³-hybridized carbons (Fsp3) is 0.517. The molecule has 7 nitrogen and oxygen atoms in total. The van der Waals surface area contributed by atoms with Crippen molar-refractivity contribution in [1.82, 2.24) is 15.5 Å². The number of anilines is 1. The lowest BCUT2D eigenvalue weighted by molar-refractivity contribution is -0.124. The fourth-order valence-corrected chi connectivity index (χ4v) is 6.78. The first-order chi connectivity index (χ1) is 18.9. The molecule has 4 atom stereocenters. The van der Waals surface area contributed by atoms with Crippen LogP contribution in [0.5, 0.6) is 0 Å². The van der Waals surface area contributed by atoms with Gasteiger partial charge < -0.3 is 20.7 Å². The average molecular weight is 596 g/mol. The molecule has 0 radical (unpaired) electrons. The van der Waals surface area contributed by atoms with E-state index in [0.717, 1.165) is 13.1 Å². The number of benzene rings is 2. The number of nitrogens with one attached hydrogen (secondary N) is 3. The van der Waals surface area contributed by atoms with Gasteiger partial charge in [0.05, 0.1) is 29.3 Å². The summed E-state index contributed by atoms with van der Waals surface area (Å²) in [6.45, 7) is 9.87. The summed E-state index contributed by atoms with van der Waals surface area (Å²) in [5.74, 6) is -3.25. The van der Waals surface area contributed by atoms with E-state index in [4.69, 9.17) is 27.9 Å². The summed E-state index contributed by atoms with van der Waals surface area (Å²) in [5, 5.41) is 8.98. The molecule has 0 unspecified atom stereocenters. The van der Waals surface area contributed by atoms with Crippen molar-refractivity contribution in [2.45, 2.75) is 50.6 Å². The Morgan fingerprint density at radius 2 is 1.90 bits per heavy atom. The van der Waals surface area contributed by atoms with Crippen LogP contribution >= 0.6 is 23.2 Å². The number of carbonyl (C=O) groups is 2. The minimum Gasteiger partial charge on any atom is -0.379 e. The maximum Gasteiger partial charge on any atom is 0.237 e. The third-order valence-electron chi connectivity index (χ3n) is 8.13. The minimum absolute atomic E-state index is 0.114. The van der Waals surface area contributed by atoms with Gasteiger partial charge in [0.25, 0.3) is 0 Å². The molecule has 3 aliphatic heterocycles. The topological polar surface area (TPSA) is 82.7 Å². The molecule has 2 fully saturated rings. The largest absolute Gasteiger partial charge is 0.379 e. The van der Waals surface area contributed by atoms with Gasteiger partial charge in [0.1, 0.15) is 17.0 Å². The molecule has 3 N–H and O–H groups in total. The Balaban J connectivity index is 1.61. The molecule has 2 aromatic carbocycles. The van der Waals surface area contributed by atoms with Crippen LogP contribution in [0, 0.1) is 17.0 Å². The summed E-state index contributed by atoms with van der Waals surface area (Å²) in [6, 6.07) is 5.53. The number of ether oxygens (including phenoxy) is 1. The number of nitrogens with zero attached hydrogens (tertiary/aromatic N) is 1. The Morgan fingerprint density at radius 1 is 1.18 bits per heavy atom. The van der Waals surface area contributed by atoms with Gasteiger partial charge in [-0.05, 0) is 41.2 Å². The van der Waals surface area contributed by atoms with Gasteiger partial charge in [-0.15, -0.1) is 0 Å². The highest BCUT2D eigenvalue weighted by atomic mass is 35.5. The van der Waals surface area contributed by atoms with Crippen molar-refractivity contribution < 1.29 is 23.1 Å². The number of hydrogen-bond acceptors (Lipinski definition) is 5. The zero-order valence-corrected chi connectivity index (χ0v) is 24.3. The zero-order valence-electron chi connectivity index (χ0n) is 22.8. The molecule has 3 aliphatic rings. The molecular weight excluding hydrogens is 561 g/mol. The Kier molecular flexibility index (Phi) is 8.16. The molecule has 1 spiro atoms. The van der Waals surface area contributed by atoms with Crippen molar-refractivity contribution in [2.75, 3.05) is 44.7 Å². The van der Waals surface area contributed by atoms with Crippen LogP contribution in [-0.2, 0) is 19.7 Å². The molecule has 0 aliphatic carbocycles. The van der Waals surface area contributed by atoms with E-state index in [1.165, 1.54) is 18.2 Å². The first-order valence-corrected chi connectivity index (χ1v) is 14.3. The highest BCUT2D eigenvalue weighted by Crippen LogP contribution is 2.57. The molecular formula is C29H34Cl2F2N4O3. The SMILES string of the molecule is CC(C)(C)C[C@H]1N[C@@H](C(=O)NCCN2CCOCC2)[C@H](c2cccc(Cl)c2F)[C@@]12C(=O)Nc1cc(Cl)c(F)cc12. The highest BCUT2D eigenvalue weighted by molar-refractivity contribution is 6.31. The predicted molar refractivity (Wildman–Crippen MR) is 151 cm³/mol. The third-order valence-corrected chi connectivity index (χ3v) is 8.71. The fourth-order valence-electron chi connectivity index (χ4n) is 6.44. The smallest absolute Gasteiger partial charge is 0.237 e. The van der Waals surface area contributed by atoms with Crippen LogP contribution in [0.1, 0.15) is 44.2 Å². The van der Waals surface area contributed by atoms with E-state index in [-0.39, 0.29) is 26.9 Å². The normalized spacial score (nSPS) is 26.7. The molecule has 5 rings (SSSR count). The molecule has 2 saturated heterocycles. The molecule has 11 heteroatoms. The number of morpholine rings is 1. The number of amides is 2. The lowest BCUT2D eigenvalue weighted by Gasteiger charge is -2.37. The molecule has 40 heavy (non-hydrogen) atoms. The maximum atomic E-state index is 15.8. The highest BCUT2D eigenvalue weighted by Gasteiger charge is 2.66. The molecule has 216 valence electrons. The van der Waals surface area contributed by atoms with Crippen LogP contribution in [0.15, 0.2) is 30.3 Å². The van der Waals surface area contributed by atoms with Crippen molar-refractivity contribution in [2.24, 2.45) is 5.41 Å². The molecule has 0 aromatic heterocycles. The Labute approximate surface area is 242 Å². The van der Waals surface area contributed by atoms with Gasteiger partial charge in [0.15, 0.2) is 0 Å². The number of carbonyl (C=O) groups excluding carboxylic acids is 2. The first kappa shape index (κ1) is 29.2. The minimum atomic E-state index is -1.51. The number of halogens is 4. The Bertz CT molecular complexity index is 1310.